The summed E-state index contributed by atoms with van der Waals surface area (Å²) in [6, 6.07) is 11.2. The lowest BCUT2D eigenvalue weighted by molar-refractivity contribution is 0.0523. The van der Waals surface area contributed by atoms with E-state index in [9.17, 15) is 4.79 Å². The number of anilines is 1. The summed E-state index contributed by atoms with van der Waals surface area (Å²) < 4.78 is 11.2. The number of halogens is 1. The van der Waals surface area contributed by atoms with Crippen molar-refractivity contribution in [2.24, 2.45) is 0 Å². The van der Waals surface area contributed by atoms with Gasteiger partial charge in [-0.25, -0.2) is 19.7 Å². The fourth-order valence-electron chi connectivity index (χ4n) is 2.73. The van der Waals surface area contributed by atoms with Gasteiger partial charge in [0.05, 0.1) is 17.4 Å². The number of hydrogen-bond acceptors (Lipinski definition) is 7. The van der Waals surface area contributed by atoms with Crippen LogP contribution in [-0.2, 0) is 17.8 Å². The molecule has 0 spiro atoms. The van der Waals surface area contributed by atoms with Crippen LogP contribution in [0.5, 0.6) is 11.6 Å². The van der Waals surface area contributed by atoms with Gasteiger partial charge < -0.3 is 20.1 Å². The van der Waals surface area contributed by atoms with Gasteiger partial charge in [0, 0.05) is 24.8 Å². The molecular formula is C23H26ClN5O3. The van der Waals surface area contributed by atoms with Gasteiger partial charge in [0.25, 0.3) is 0 Å². The molecule has 0 unspecified atom stereocenters. The van der Waals surface area contributed by atoms with E-state index in [2.05, 4.69) is 25.6 Å². The van der Waals surface area contributed by atoms with Crippen LogP contribution >= 0.6 is 11.6 Å². The molecule has 0 saturated carbocycles. The Morgan fingerprint density at radius 2 is 1.72 bits per heavy atom. The zero-order valence-electron chi connectivity index (χ0n) is 18.5. The summed E-state index contributed by atoms with van der Waals surface area (Å²) >= 11 is 5.81. The van der Waals surface area contributed by atoms with Gasteiger partial charge in [-0.3, -0.25) is 0 Å². The van der Waals surface area contributed by atoms with E-state index in [-0.39, 0.29) is 0 Å². The summed E-state index contributed by atoms with van der Waals surface area (Å²) in [7, 11) is 0. The van der Waals surface area contributed by atoms with E-state index < -0.39 is 11.7 Å². The molecule has 0 radical (unpaired) electrons. The number of benzene rings is 1. The lowest BCUT2D eigenvalue weighted by Crippen LogP contribution is -2.32. The van der Waals surface area contributed by atoms with Gasteiger partial charge >= 0.3 is 6.09 Å². The van der Waals surface area contributed by atoms with E-state index in [1.165, 1.54) is 12.4 Å². The fourth-order valence-corrected chi connectivity index (χ4v) is 2.83. The maximum atomic E-state index is 11.8. The smallest absolute Gasteiger partial charge is 0.407 e. The molecule has 0 aliphatic rings. The van der Waals surface area contributed by atoms with E-state index in [1.54, 1.807) is 0 Å². The van der Waals surface area contributed by atoms with Crippen LogP contribution in [0.3, 0.4) is 0 Å². The molecule has 2 N–H and O–H groups in total. The molecular weight excluding hydrogens is 430 g/mol. The SMILES string of the molecule is Cc1cc(CNc2ncc(Cl)cn2)cc(Oc2ccc(CNC(=O)OC(C)(C)C)cc2)n1. The first kappa shape index (κ1) is 23.3. The fraction of sp³-hybridized carbons (Fsp3) is 0.304. The van der Waals surface area contributed by atoms with E-state index in [1.807, 2.05) is 64.1 Å². The van der Waals surface area contributed by atoms with E-state index in [4.69, 9.17) is 21.1 Å². The minimum atomic E-state index is -0.529. The number of carbonyl (C=O) groups is 1. The summed E-state index contributed by atoms with van der Waals surface area (Å²) in [6.45, 7) is 8.25. The normalized spacial score (nSPS) is 11.0. The first-order chi connectivity index (χ1) is 15.2. The number of alkyl carbamates (subject to hydrolysis) is 1. The molecule has 0 saturated heterocycles. The van der Waals surface area contributed by atoms with Crippen LogP contribution in [-0.4, -0.2) is 26.6 Å². The number of pyridine rings is 1. The second kappa shape index (κ2) is 10.3. The van der Waals surface area contributed by atoms with Crippen molar-refractivity contribution in [3.63, 3.8) is 0 Å². The van der Waals surface area contributed by atoms with Gasteiger partial charge in [-0.2, -0.15) is 0 Å². The minimum Gasteiger partial charge on any atom is -0.444 e. The molecule has 0 aliphatic heterocycles. The molecule has 1 aromatic carbocycles. The quantitative estimate of drug-likeness (QED) is 0.501. The highest BCUT2D eigenvalue weighted by Crippen LogP contribution is 2.22. The second-order valence-corrected chi connectivity index (χ2v) is 8.57. The lowest BCUT2D eigenvalue weighted by atomic mass is 10.2. The third-order valence-electron chi connectivity index (χ3n) is 4.04. The maximum absolute atomic E-state index is 11.8. The largest absolute Gasteiger partial charge is 0.444 e. The highest BCUT2D eigenvalue weighted by molar-refractivity contribution is 6.30. The van der Waals surface area contributed by atoms with Gasteiger partial charge in [-0.1, -0.05) is 23.7 Å². The van der Waals surface area contributed by atoms with Crippen LogP contribution < -0.4 is 15.4 Å². The molecule has 0 atom stereocenters. The maximum Gasteiger partial charge on any atom is 0.407 e. The van der Waals surface area contributed by atoms with Crippen LogP contribution in [0.15, 0.2) is 48.8 Å². The molecule has 0 bridgehead atoms. The Hall–Kier alpha value is -3.39. The van der Waals surface area contributed by atoms with Crippen molar-refractivity contribution in [2.75, 3.05) is 5.32 Å². The topological polar surface area (TPSA) is 98.3 Å². The predicted molar refractivity (Wildman–Crippen MR) is 123 cm³/mol. The summed E-state index contributed by atoms with van der Waals surface area (Å²) in [4.78, 5) is 24.5. The van der Waals surface area contributed by atoms with Crippen LogP contribution in [0.4, 0.5) is 10.7 Å². The van der Waals surface area contributed by atoms with Crippen molar-refractivity contribution < 1.29 is 14.3 Å². The monoisotopic (exact) mass is 455 g/mol. The summed E-state index contributed by atoms with van der Waals surface area (Å²) in [6.07, 6.45) is 2.62. The summed E-state index contributed by atoms with van der Waals surface area (Å²) in [5, 5.41) is 6.36. The molecule has 168 valence electrons. The molecule has 8 nitrogen and oxygen atoms in total. The Morgan fingerprint density at radius 3 is 2.38 bits per heavy atom. The minimum absolute atomic E-state index is 0.362. The van der Waals surface area contributed by atoms with Crippen molar-refractivity contribution in [1.82, 2.24) is 20.3 Å². The number of aryl methyl sites for hydroxylation is 1. The van der Waals surface area contributed by atoms with Crippen molar-refractivity contribution in [3.8, 4) is 11.6 Å². The second-order valence-electron chi connectivity index (χ2n) is 8.13. The number of ether oxygens (including phenoxy) is 2. The van der Waals surface area contributed by atoms with Gasteiger partial charge in [0.15, 0.2) is 0 Å². The Labute approximate surface area is 192 Å². The Bertz CT molecular complexity index is 1050. The molecule has 2 aromatic heterocycles. The third-order valence-corrected chi connectivity index (χ3v) is 4.24. The van der Waals surface area contributed by atoms with E-state index in [0.29, 0.717) is 35.7 Å². The predicted octanol–water partition coefficient (Wildman–Crippen LogP) is 5.26. The Kier molecular flexibility index (Phi) is 7.48. The molecule has 1 amide bonds. The molecule has 0 fully saturated rings. The first-order valence-corrected chi connectivity index (χ1v) is 10.5. The highest BCUT2D eigenvalue weighted by Gasteiger charge is 2.15. The molecule has 3 aromatic rings. The number of carbonyl (C=O) groups excluding carboxylic acids is 1. The number of amides is 1. The average molecular weight is 456 g/mol. The van der Waals surface area contributed by atoms with Crippen molar-refractivity contribution in [1.29, 1.82) is 0 Å². The average Bonchev–Trinajstić information content (AvgIpc) is 2.71. The van der Waals surface area contributed by atoms with Crippen LogP contribution in [0, 0.1) is 6.92 Å². The third kappa shape index (κ3) is 7.70. The highest BCUT2D eigenvalue weighted by atomic mass is 35.5. The molecule has 32 heavy (non-hydrogen) atoms. The zero-order chi connectivity index (χ0) is 23.1. The first-order valence-electron chi connectivity index (χ1n) is 10.1. The zero-order valence-corrected chi connectivity index (χ0v) is 19.2. The number of aromatic nitrogens is 3. The van der Waals surface area contributed by atoms with E-state index in [0.717, 1.165) is 16.8 Å². The number of hydrogen-bond donors (Lipinski definition) is 2. The summed E-state index contributed by atoms with van der Waals surface area (Å²) in [5.41, 5.74) is 2.20. The molecule has 0 aliphatic carbocycles. The van der Waals surface area contributed by atoms with E-state index >= 15 is 0 Å². The summed E-state index contributed by atoms with van der Waals surface area (Å²) in [5.74, 6) is 1.62. The number of nitrogens with zero attached hydrogens (tertiary/aromatic N) is 3. The van der Waals surface area contributed by atoms with Crippen LogP contribution in [0.2, 0.25) is 5.02 Å². The molecule has 2 heterocycles. The van der Waals surface area contributed by atoms with Gasteiger partial charge in [-0.15, -0.1) is 0 Å². The van der Waals surface area contributed by atoms with Crippen molar-refractivity contribution in [3.05, 3.63) is 70.6 Å². The Morgan fingerprint density at radius 1 is 1.03 bits per heavy atom. The van der Waals surface area contributed by atoms with Gasteiger partial charge in [-0.05, 0) is 57.0 Å². The van der Waals surface area contributed by atoms with Gasteiger partial charge in [0.1, 0.15) is 11.4 Å². The lowest BCUT2D eigenvalue weighted by Gasteiger charge is -2.19. The molecule has 3 rings (SSSR count). The number of rotatable bonds is 7. The van der Waals surface area contributed by atoms with Crippen molar-refractivity contribution in [2.45, 2.75) is 46.4 Å². The van der Waals surface area contributed by atoms with Crippen LogP contribution in [0.1, 0.15) is 37.6 Å². The number of nitrogens with one attached hydrogen (secondary N) is 2. The molecule has 9 heteroatoms. The Balaban J connectivity index is 1.57. The van der Waals surface area contributed by atoms with Gasteiger partial charge in [0.2, 0.25) is 11.8 Å². The standard InChI is InChI=1S/C23H26ClN5O3/c1-15-9-17(12-25-21-26-13-18(24)14-27-21)10-20(29-15)31-19-7-5-16(6-8-19)11-28-22(30)32-23(2,3)4/h5-10,13-14H,11-12H2,1-4H3,(H,28,30)(H,25,26,27). The van der Waals surface area contributed by atoms with Crippen LogP contribution in [0.25, 0.3) is 0 Å². The van der Waals surface area contributed by atoms with Crippen molar-refractivity contribution >= 4 is 23.6 Å².